The zero-order valence-corrected chi connectivity index (χ0v) is 9.74. The summed E-state index contributed by atoms with van der Waals surface area (Å²) >= 11 is 1.35. The number of amides is 1. The number of rotatable bonds is 3. The van der Waals surface area contributed by atoms with Gasteiger partial charge in [-0.1, -0.05) is 11.8 Å². The summed E-state index contributed by atoms with van der Waals surface area (Å²) in [6.07, 6.45) is 5.36. The predicted molar refractivity (Wildman–Crippen MR) is 63.0 cm³/mol. The Bertz CT molecular complexity index is 379. The molecule has 2 N–H and O–H groups in total. The molecule has 0 atom stereocenters. The summed E-state index contributed by atoms with van der Waals surface area (Å²) < 4.78 is 0. The molecule has 0 unspecified atom stereocenters. The van der Waals surface area contributed by atoms with Crippen molar-refractivity contribution in [1.82, 2.24) is 14.9 Å². The molecule has 0 aliphatic carbocycles. The Morgan fingerprint density at radius 3 is 2.75 bits per heavy atom. The van der Waals surface area contributed by atoms with Gasteiger partial charge < -0.3 is 10.6 Å². The number of carbonyl (C=O) groups excluding carboxylic acids is 1. The molecule has 6 heteroatoms. The average Bonchev–Trinajstić information content (AvgIpc) is 2.81. The molecule has 1 aromatic rings. The second-order valence-electron chi connectivity index (χ2n) is 3.62. The molecule has 1 fully saturated rings. The molecule has 1 amide bonds. The van der Waals surface area contributed by atoms with Gasteiger partial charge in [0.1, 0.15) is 5.03 Å². The molecule has 0 bridgehead atoms. The molecule has 1 aliphatic heterocycles. The maximum Gasteiger partial charge on any atom is 0.232 e. The quantitative estimate of drug-likeness (QED) is 0.788. The number of hydrogen-bond donors (Lipinski definition) is 1. The normalized spacial score (nSPS) is 15.4. The van der Waals surface area contributed by atoms with E-state index in [1.165, 1.54) is 11.8 Å². The van der Waals surface area contributed by atoms with Crippen molar-refractivity contribution in [2.24, 2.45) is 0 Å². The third-order valence-corrected chi connectivity index (χ3v) is 3.46. The highest BCUT2D eigenvalue weighted by Crippen LogP contribution is 2.20. The van der Waals surface area contributed by atoms with Crippen LogP contribution in [0.25, 0.3) is 0 Å². The van der Waals surface area contributed by atoms with Crippen molar-refractivity contribution >= 4 is 23.5 Å². The van der Waals surface area contributed by atoms with Gasteiger partial charge in [-0.2, -0.15) is 0 Å². The van der Waals surface area contributed by atoms with Crippen LogP contribution in [0.4, 0.5) is 5.82 Å². The Balaban J connectivity index is 1.87. The Morgan fingerprint density at radius 2 is 2.06 bits per heavy atom. The van der Waals surface area contributed by atoms with E-state index in [9.17, 15) is 4.79 Å². The van der Waals surface area contributed by atoms with Gasteiger partial charge in [0.25, 0.3) is 0 Å². The SMILES string of the molecule is Nc1nccnc1SCC(=O)N1CCCC1. The highest BCUT2D eigenvalue weighted by molar-refractivity contribution is 8.00. The van der Waals surface area contributed by atoms with Gasteiger partial charge >= 0.3 is 0 Å². The second-order valence-corrected chi connectivity index (χ2v) is 4.59. The van der Waals surface area contributed by atoms with Crippen molar-refractivity contribution in [1.29, 1.82) is 0 Å². The Morgan fingerprint density at radius 1 is 1.38 bits per heavy atom. The zero-order chi connectivity index (χ0) is 11.4. The lowest BCUT2D eigenvalue weighted by Crippen LogP contribution is -2.29. The van der Waals surface area contributed by atoms with E-state index < -0.39 is 0 Å². The monoisotopic (exact) mass is 238 g/mol. The molecule has 86 valence electrons. The maximum atomic E-state index is 11.7. The fourth-order valence-electron chi connectivity index (χ4n) is 1.64. The third-order valence-electron chi connectivity index (χ3n) is 2.48. The van der Waals surface area contributed by atoms with Crippen molar-refractivity contribution in [2.45, 2.75) is 17.9 Å². The van der Waals surface area contributed by atoms with Crippen LogP contribution >= 0.6 is 11.8 Å². The largest absolute Gasteiger partial charge is 0.381 e. The first-order valence-electron chi connectivity index (χ1n) is 5.24. The molecule has 0 aromatic carbocycles. The molecule has 0 spiro atoms. The molecule has 1 saturated heterocycles. The number of nitrogen functional groups attached to an aromatic ring is 1. The molecule has 16 heavy (non-hydrogen) atoms. The first kappa shape index (κ1) is 11.2. The smallest absolute Gasteiger partial charge is 0.232 e. The number of carbonyl (C=O) groups is 1. The van der Waals surface area contributed by atoms with E-state index in [0.717, 1.165) is 25.9 Å². The van der Waals surface area contributed by atoms with E-state index in [1.54, 1.807) is 12.4 Å². The van der Waals surface area contributed by atoms with Crippen molar-refractivity contribution in [3.05, 3.63) is 12.4 Å². The van der Waals surface area contributed by atoms with Crippen LogP contribution in [-0.2, 0) is 4.79 Å². The van der Waals surface area contributed by atoms with Gasteiger partial charge in [-0.25, -0.2) is 9.97 Å². The number of nitrogens with two attached hydrogens (primary N) is 1. The first-order valence-corrected chi connectivity index (χ1v) is 6.23. The molecule has 2 heterocycles. The van der Waals surface area contributed by atoms with Crippen molar-refractivity contribution in [2.75, 3.05) is 24.6 Å². The molecular weight excluding hydrogens is 224 g/mol. The Kier molecular flexibility index (Phi) is 3.61. The first-order chi connectivity index (χ1) is 7.77. The highest BCUT2D eigenvalue weighted by atomic mass is 32.2. The number of aromatic nitrogens is 2. The topological polar surface area (TPSA) is 72.1 Å². The summed E-state index contributed by atoms with van der Waals surface area (Å²) in [5.74, 6) is 0.942. The van der Waals surface area contributed by atoms with Crippen molar-refractivity contribution in [3.63, 3.8) is 0 Å². The van der Waals surface area contributed by atoms with Crippen molar-refractivity contribution < 1.29 is 4.79 Å². The molecule has 1 aliphatic rings. The summed E-state index contributed by atoms with van der Waals surface area (Å²) in [5.41, 5.74) is 5.64. The molecule has 0 saturated carbocycles. The van der Waals surface area contributed by atoms with E-state index in [-0.39, 0.29) is 5.91 Å². The van der Waals surface area contributed by atoms with Crippen LogP contribution in [0.3, 0.4) is 0 Å². The third kappa shape index (κ3) is 2.63. The number of likely N-dealkylation sites (tertiary alicyclic amines) is 1. The summed E-state index contributed by atoms with van der Waals surface area (Å²) in [7, 11) is 0. The Labute approximate surface area is 98.4 Å². The van der Waals surface area contributed by atoms with E-state index in [1.807, 2.05) is 4.90 Å². The molecular formula is C10H14N4OS. The second kappa shape index (κ2) is 5.16. The summed E-state index contributed by atoms with van der Waals surface area (Å²) in [4.78, 5) is 21.6. The molecule has 5 nitrogen and oxygen atoms in total. The molecule has 2 rings (SSSR count). The Hall–Kier alpha value is -1.30. The molecule has 0 radical (unpaired) electrons. The predicted octanol–water partition coefficient (Wildman–Crippen LogP) is 0.773. The number of nitrogens with zero attached hydrogens (tertiary/aromatic N) is 3. The van der Waals surface area contributed by atoms with E-state index in [2.05, 4.69) is 9.97 Å². The minimum absolute atomic E-state index is 0.160. The zero-order valence-electron chi connectivity index (χ0n) is 8.93. The minimum Gasteiger partial charge on any atom is -0.381 e. The summed E-state index contributed by atoms with van der Waals surface area (Å²) in [5, 5.41) is 0.634. The van der Waals surface area contributed by atoms with Gasteiger partial charge in [0, 0.05) is 25.5 Å². The lowest BCUT2D eigenvalue weighted by atomic mass is 10.4. The van der Waals surface area contributed by atoms with Crippen LogP contribution in [-0.4, -0.2) is 39.6 Å². The van der Waals surface area contributed by atoms with Crippen LogP contribution in [0.15, 0.2) is 17.4 Å². The van der Waals surface area contributed by atoms with Crippen LogP contribution < -0.4 is 5.73 Å². The highest BCUT2D eigenvalue weighted by Gasteiger charge is 2.18. The minimum atomic E-state index is 0.160. The van der Waals surface area contributed by atoms with Crippen LogP contribution in [0.2, 0.25) is 0 Å². The number of thioether (sulfide) groups is 1. The van der Waals surface area contributed by atoms with E-state index >= 15 is 0 Å². The van der Waals surface area contributed by atoms with Crippen molar-refractivity contribution in [3.8, 4) is 0 Å². The summed E-state index contributed by atoms with van der Waals surface area (Å²) in [6.45, 7) is 1.77. The van der Waals surface area contributed by atoms with Crippen LogP contribution in [0.5, 0.6) is 0 Å². The van der Waals surface area contributed by atoms with Gasteiger partial charge in [-0.15, -0.1) is 0 Å². The van der Waals surface area contributed by atoms with Gasteiger partial charge in [0.05, 0.1) is 5.75 Å². The summed E-state index contributed by atoms with van der Waals surface area (Å²) in [6, 6.07) is 0. The lowest BCUT2D eigenvalue weighted by molar-refractivity contribution is -0.127. The van der Waals surface area contributed by atoms with Crippen LogP contribution in [0, 0.1) is 0 Å². The number of anilines is 1. The van der Waals surface area contributed by atoms with E-state index in [4.69, 9.17) is 5.73 Å². The van der Waals surface area contributed by atoms with Gasteiger partial charge in [0.15, 0.2) is 5.82 Å². The lowest BCUT2D eigenvalue weighted by Gasteiger charge is -2.14. The van der Waals surface area contributed by atoms with Gasteiger partial charge in [0.2, 0.25) is 5.91 Å². The maximum absolute atomic E-state index is 11.7. The fraction of sp³-hybridized carbons (Fsp3) is 0.500. The number of hydrogen-bond acceptors (Lipinski definition) is 5. The van der Waals surface area contributed by atoms with Gasteiger partial charge in [-0.3, -0.25) is 4.79 Å². The van der Waals surface area contributed by atoms with E-state index in [0.29, 0.717) is 16.6 Å². The van der Waals surface area contributed by atoms with Crippen LogP contribution in [0.1, 0.15) is 12.8 Å². The standard InChI is InChI=1S/C10H14N4OS/c11-9-10(13-4-3-12-9)16-7-8(15)14-5-1-2-6-14/h3-4H,1-2,5-7H2,(H2,11,12). The average molecular weight is 238 g/mol. The van der Waals surface area contributed by atoms with Gasteiger partial charge in [-0.05, 0) is 12.8 Å². The fourth-order valence-corrected chi connectivity index (χ4v) is 2.41. The molecule has 1 aromatic heterocycles.